The molecule has 0 amide bonds. The number of aryl methyl sites for hydroxylation is 1. The number of benzene rings is 1. The summed E-state index contributed by atoms with van der Waals surface area (Å²) >= 11 is 1.56. The monoisotopic (exact) mass is 294 g/mol. The van der Waals surface area contributed by atoms with E-state index in [9.17, 15) is 8.42 Å². The zero-order valence-corrected chi connectivity index (χ0v) is 12.1. The fourth-order valence-corrected chi connectivity index (χ4v) is 3.92. The Balaban J connectivity index is 1.98. The van der Waals surface area contributed by atoms with Crippen LogP contribution >= 0.6 is 11.3 Å². The normalized spacial score (nSPS) is 15.4. The Labute approximate surface area is 116 Å². The summed E-state index contributed by atoms with van der Waals surface area (Å²) in [5.41, 5.74) is 2.26. The molecule has 0 saturated heterocycles. The zero-order valence-electron chi connectivity index (χ0n) is 10.5. The summed E-state index contributed by atoms with van der Waals surface area (Å²) in [5.74, 6) is 0. The number of hydrogen-bond donors (Lipinski definition) is 1. The molecule has 1 aliphatic carbocycles. The number of anilines is 1. The van der Waals surface area contributed by atoms with Gasteiger partial charge in [0, 0.05) is 10.9 Å². The van der Waals surface area contributed by atoms with E-state index in [1.165, 1.54) is 0 Å². The summed E-state index contributed by atoms with van der Waals surface area (Å²) in [4.78, 5) is 4.42. The van der Waals surface area contributed by atoms with Gasteiger partial charge in [-0.25, -0.2) is 13.4 Å². The van der Waals surface area contributed by atoms with E-state index in [2.05, 4.69) is 9.71 Å². The smallest absolute Gasteiger partial charge is 0.235 e. The number of nitrogens with one attached hydrogen (secondary N) is 1. The van der Waals surface area contributed by atoms with Crippen LogP contribution in [0.25, 0.3) is 11.3 Å². The molecule has 6 heteroatoms. The van der Waals surface area contributed by atoms with Crippen molar-refractivity contribution >= 4 is 27.0 Å². The first kappa shape index (κ1) is 12.6. The molecule has 1 aliphatic rings. The van der Waals surface area contributed by atoms with Crippen molar-refractivity contribution in [1.82, 2.24) is 4.98 Å². The third kappa shape index (κ3) is 2.64. The topological polar surface area (TPSA) is 59.1 Å². The molecule has 1 heterocycles. The highest BCUT2D eigenvalue weighted by Gasteiger charge is 2.36. The van der Waals surface area contributed by atoms with Crippen molar-refractivity contribution in [2.24, 2.45) is 0 Å². The van der Waals surface area contributed by atoms with Crippen LogP contribution in [-0.2, 0) is 10.0 Å². The molecule has 3 rings (SSSR count). The van der Waals surface area contributed by atoms with E-state index in [0.717, 1.165) is 29.1 Å². The molecule has 100 valence electrons. The number of thiazole rings is 1. The molecule has 1 saturated carbocycles. The number of aromatic nitrogens is 1. The number of rotatable bonds is 4. The lowest BCUT2D eigenvalue weighted by atomic mass is 10.1. The van der Waals surface area contributed by atoms with Crippen molar-refractivity contribution < 1.29 is 8.42 Å². The molecule has 0 unspecified atom stereocenters. The van der Waals surface area contributed by atoms with Gasteiger partial charge in [0.1, 0.15) is 0 Å². The van der Waals surface area contributed by atoms with Gasteiger partial charge in [0.15, 0.2) is 0 Å². The van der Waals surface area contributed by atoms with Crippen LogP contribution in [0.5, 0.6) is 0 Å². The van der Waals surface area contributed by atoms with Crippen molar-refractivity contribution in [2.75, 3.05) is 4.72 Å². The highest BCUT2D eigenvalue weighted by Crippen LogP contribution is 2.33. The van der Waals surface area contributed by atoms with E-state index in [1.54, 1.807) is 17.4 Å². The summed E-state index contributed by atoms with van der Waals surface area (Å²) in [6, 6.07) is 7.38. The SMILES string of the molecule is Cc1nc(-c2ccccc2NS(=O)(=O)C2CC2)cs1. The summed E-state index contributed by atoms with van der Waals surface area (Å²) in [6.45, 7) is 1.94. The molecule has 0 radical (unpaired) electrons. The molecule has 0 spiro atoms. The largest absolute Gasteiger partial charge is 0.283 e. The fraction of sp³-hybridized carbons (Fsp3) is 0.308. The third-order valence-electron chi connectivity index (χ3n) is 3.04. The molecular formula is C13H14N2O2S2. The van der Waals surface area contributed by atoms with E-state index in [1.807, 2.05) is 30.5 Å². The molecule has 0 bridgehead atoms. The van der Waals surface area contributed by atoms with Crippen LogP contribution in [0.15, 0.2) is 29.6 Å². The first-order chi connectivity index (χ1) is 9.06. The van der Waals surface area contributed by atoms with Crippen LogP contribution in [0.1, 0.15) is 17.8 Å². The molecule has 1 aromatic carbocycles. The average molecular weight is 294 g/mol. The summed E-state index contributed by atoms with van der Waals surface area (Å²) < 4.78 is 26.7. The lowest BCUT2D eigenvalue weighted by Crippen LogP contribution is -2.17. The zero-order chi connectivity index (χ0) is 13.5. The Hall–Kier alpha value is -1.40. The van der Waals surface area contributed by atoms with E-state index in [4.69, 9.17) is 0 Å². The Bertz CT molecular complexity index is 703. The van der Waals surface area contributed by atoms with Crippen molar-refractivity contribution in [2.45, 2.75) is 25.0 Å². The lowest BCUT2D eigenvalue weighted by Gasteiger charge is -2.10. The highest BCUT2D eigenvalue weighted by molar-refractivity contribution is 7.93. The number of nitrogens with zero attached hydrogens (tertiary/aromatic N) is 1. The molecule has 2 aromatic rings. The molecule has 0 atom stereocenters. The van der Waals surface area contributed by atoms with Gasteiger partial charge in [0.25, 0.3) is 0 Å². The van der Waals surface area contributed by atoms with Gasteiger partial charge < -0.3 is 0 Å². The van der Waals surface area contributed by atoms with Crippen molar-refractivity contribution in [3.05, 3.63) is 34.7 Å². The molecule has 0 aliphatic heterocycles. The van der Waals surface area contributed by atoms with Crippen LogP contribution in [-0.4, -0.2) is 18.7 Å². The van der Waals surface area contributed by atoms with Crippen molar-refractivity contribution in [3.63, 3.8) is 0 Å². The van der Waals surface area contributed by atoms with Gasteiger partial charge in [-0.05, 0) is 25.8 Å². The molecule has 1 fully saturated rings. The molecular weight excluding hydrogens is 280 g/mol. The molecule has 4 nitrogen and oxygen atoms in total. The Morgan fingerprint density at radius 3 is 2.68 bits per heavy atom. The van der Waals surface area contributed by atoms with E-state index in [-0.39, 0.29) is 5.25 Å². The van der Waals surface area contributed by atoms with Crippen LogP contribution in [0.3, 0.4) is 0 Å². The summed E-state index contributed by atoms with van der Waals surface area (Å²) in [5, 5.41) is 2.69. The lowest BCUT2D eigenvalue weighted by molar-refractivity contribution is 0.600. The third-order valence-corrected chi connectivity index (χ3v) is 5.66. The first-order valence-corrected chi connectivity index (χ1v) is 8.52. The number of para-hydroxylation sites is 1. The van der Waals surface area contributed by atoms with Crippen LogP contribution < -0.4 is 4.72 Å². The second kappa shape index (κ2) is 4.61. The molecule has 1 aromatic heterocycles. The quantitative estimate of drug-likeness (QED) is 0.943. The predicted octanol–water partition coefficient (Wildman–Crippen LogP) is 3.02. The van der Waals surface area contributed by atoms with Crippen molar-refractivity contribution in [3.8, 4) is 11.3 Å². The number of sulfonamides is 1. The average Bonchev–Trinajstić information content (AvgIpc) is 3.14. The van der Waals surface area contributed by atoms with Gasteiger partial charge in [0.2, 0.25) is 10.0 Å². The minimum atomic E-state index is -3.24. The van der Waals surface area contributed by atoms with Crippen LogP contribution in [0.2, 0.25) is 0 Å². The number of hydrogen-bond acceptors (Lipinski definition) is 4. The Kier molecular flexibility index (Phi) is 3.06. The maximum atomic E-state index is 12.0. The van der Waals surface area contributed by atoms with Gasteiger partial charge in [-0.2, -0.15) is 0 Å². The predicted molar refractivity (Wildman–Crippen MR) is 77.9 cm³/mol. The second-order valence-corrected chi connectivity index (χ2v) is 7.67. The molecule has 19 heavy (non-hydrogen) atoms. The van der Waals surface area contributed by atoms with Crippen LogP contribution in [0.4, 0.5) is 5.69 Å². The second-order valence-electron chi connectivity index (χ2n) is 4.64. The maximum Gasteiger partial charge on any atom is 0.235 e. The Morgan fingerprint density at radius 1 is 1.32 bits per heavy atom. The molecule has 1 N–H and O–H groups in total. The summed E-state index contributed by atoms with van der Waals surface area (Å²) in [7, 11) is -3.24. The van der Waals surface area contributed by atoms with Gasteiger partial charge >= 0.3 is 0 Å². The van der Waals surface area contributed by atoms with E-state index >= 15 is 0 Å². The van der Waals surface area contributed by atoms with Gasteiger partial charge in [0.05, 0.1) is 21.6 Å². The summed E-state index contributed by atoms with van der Waals surface area (Å²) in [6.07, 6.45) is 1.51. The fourth-order valence-electron chi connectivity index (χ4n) is 1.90. The van der Waals surface area contributed by atoms with Gasteiger partial charge in [-0.3, -0.25) is 4.72 Å². The van der Waals surface area contributed by atoms with Crippen molar-refractivity contribution in [1.29, 1.82) is 0 Å². The van der Waals surface area contributed by atoms with Crippen LogP contribution in [0, 0.1) is 6.92 Å². The van der Waals surface area contributed by atoms with E-state index < -0.39 is 10.0 Å². The Morgan fingerprint density at radius 2 is 2.05 bits per heavy atom. The minimum Gasteiger partial charge on any atom is -0.283 e. The maximum absolute atomic E-state index is 12.0. The van der Waals surface area contributed by atoms with Gasteiger partial charge in [-0.1, -0.05) is 18.2 Å². The first-order valence-electron chi connectivity index (χ1n) is 6.09. The standard InChI is InChI=1S/C13H14N2O2S2/c1-9-14-13(8-18-9)11-4-2-3-5-12(11)15-19(16,17)10-6-7-10/h2-5,8,10,15H,6-7H2,1H3. The minimum absolute atomic E-state index is 0.224. The van der Waals surface area contributed by atoms with E-state index in [0.29, 0.717) is 5.69 Å². The highest BCUT2D eigenvalue weighted by atomic mass is 32.2. The van der Waals surface area contributed by atoms with Gasteiger partial charge in [-0.15, -0.1) is 11.3 Å².